The van der Waals surface area contributed by atoms with Crippen LogP contribution in [0.4, 0.5) is 5.69 Å². The zero-order valence-electron chi connectivity index (χ0n) is 12.8. The molecule has 1 heterocycles. The van der Waals surface area contributed by atoms with Gasteiger partial charge in [-0.2, -0.15) is 0 Å². The van der Waals surface area contributed by atoms with Crippen molar-refractivity contribution in [3.8, 4) is 5.75 Å². The molecule has 4 atom stereocenters. The molecule has 0 aromatic heterocycles. The van der Waals surface area contributed by atoms with Crippen molar-refractivity contribution in [2.45, 2.75) is 19.8 Å². The Hall–Kier alpha value is -2.43. The minimum atomic E-state index is -0.347. The second-order valence-corrected chi connectivity index (χ2v) is 6.34. The standard InChI is InChI=1S/C18H17NO4/c1-2-14(20)23-13-5-3-4-12(9-13)19-17(21)15-10-6-7-11(8-10)16(15)18(19)22/h3-7,9-11,15-16H,2,8H2,1H3. The van der Waals surface area contributed by atoms with Gasteiger partial charge in [0.05, 0.1) is 17.5 Å². The van der Waals surface area contributed by atoms with Gasteiger partial charge in [-0.1, -0.05) is 25.1 Å². The summed E-state index contributed by atoms with van der Waals surface area (Å²) in [5, 5.41) is 0. The predicted molar refractivity (Wildman–Crippen MR) is 82.6 cm³/mol. The van der Waals surface area contributed by atoms with Gasteiger partial charge in [0.2, 0.25) is 11.8 Å². The Morgan fingerprint density at radius 2 is 1.83 bits per heavy atom. The van der Waals surface area contributed by atoms with Gasteiger partial charge in [0.1, 0.15) is 5.75 Å². The Morgan fingerprint density at radius 3 is 2.43 bits per heavy atom. The number of hydrogen-bond donors (Lipinski definition) is 0. The van der Waals surface area contributed by atoms with Crippen LogP contribution in [0.3, 0.4) is 0 Å². The first kappa shape index (κ1) is 14.2. The van der Waals surface area contributed by atoms with Crippen LogP contribution in [0, 0.1) is 23.7 Å². The first-order valence-electron chi connectivity index (χ1n) is 7.97. The van der Waals surface area contributed by atoms with Crippen LogP contribution in [0.5, 0.6) is 5.75 Å². The van der Waals surface area contributed by atoms with Gasteiger partial charge in [0.25, 0.3) is 0 Å². The summed E-state index contributed by atoms with van der Waals surface area (Å²) in [4.78, 5) is 38.2. The summed E-state index contributed by atoms with van der Waals surface area (Å²) in [6, 6.07) is 6.62. The zero-order chi connectivity index (χ0) is 16.1. The molecule has 5 heteroatoms. The highest BCUT2D eigenvalue weighted by Crippen LogP contribution is 2.53. The normalized spacial score (nSPS) is 30.9. The number of anilines is 1. The van der Waals surface area contributed by atoms with Crippen LogP contribution < -0.4 is 9.64 Å². The topological polar surface area (TPSA) is 63.7 Å². The number of ether oxygens (including phenoxy) is 1. The SMILES string of the molecule is CCC(=O)Oc1cccc(N2C(=O)C3C4C=CC(C4)C3C2=O)c1. The van der Waals surface area contributed by atoms with Crippen LogP contribution in [-0.2, 0) is 14.4 Å². The molecule has 0 radical (unpaired) electrons. The number of hydrogen-bond acceptors (Lipinski definition) is 4. The summed E-state index contributed by atoms with van der Waals surface area (Å²) in [6.45, 7) is 1.71. The molecular formula is C18H17NO4. The van der Waals surface area contributed by atoms with Crippen molar-refractivity contribution in [3.05, 3.63) is 36.4 Å². The van der Waals surface area contributed by atoms with E-state index in [4.69, 9.17) is 4.74 Å². The van der Waals surface area contributed by atoms with E-state index in [1.54, 1.807) is 31.2 Å². The summed E-state index contributed by atoms with van der Waals surface area (Å²) < 4.78 is 5.18. The van der Waals surface area contributed by atoms with Gasteiger partial charge in [-0.25, -0.2) is 4.90 Å². The number of fused-ring (bicyclic) bond motifs is 5. The van der Waals surface area contributed by atoms with Crippen molar-refractivity contribution in [2.24, 2.45) is 23.7 Å². The monoisotopic (exact) mass is 311 g/mol. The average Bonchev–Trinajstić information content (AvgIpc) is 3.21. The van der Waals surface area contributed by atoms with Crippen molar-refractivity contribution in [3.63, 3.8) is 0 Å². The highest BCUT2D eigenvalue weighted by Gasteiger charge is 2.59. The lowest BCUT2D eigenvalue weighted by molar-refractivity contribution is -0.134. The molecule has 2 amide bonds. The molecule has 0 N–H and O–H groups in total. The number of nitrogens with zero attached hydrogens (tertiary/aromatic N) is 1. The Morgan fingerprint density at radius 1 is 1.17 bits per heavy atom. The molecule has 1 aromatic carbocycles. The highest BCUT2D eigenvalue weighted by atomic mass is 16.5. The van der Waals surface area contributed by atoms with Crippen LogP contribution in [0.15, 0.2) is 36.4 Å². The Kier molecular flexibility index (Phi) is 3.11. The fraction of sp³-hybridized carbons (Fsp3) is 0.389. The Balaban J connectivity index is 1.64. The molecule has 1 aliphatic heterocycles. The number of benzene rings is 1. The average molecular weight is 311 g/mol. The van der Waals surface area contributed by atoms with Crippen molar-refractivity contribution < 1.29 is 19.1 Å². The van der Waals surface area contributed by atoms with E-state index in [9.17, 15) is 14.4 Å². The number of esters is 1. The van der Waals surface area contributed by atoms with Crippen molar-refractivity contribution in [1.82, 2.24) is 0 Å². The molecule has 1 aromatic rings. The summed E-state index contributed by atoms with van der Waals surface area (Å²) >= 11 is 0. The number of rotatable bonds is 3. The molecule has 4 unspecified atom stereocenters. The summed E-state index contributed by atoms with van der Waals surface area (Å²) in [6.07, 6.45) is 5.32. The van der Waals surface area contributed by atoms with Crippen molar-refractivity contribution in [2.75, 3.05) is 4.90 Å². The number of amides is 2. The summed E-state index contributed by atoms with van der Waals surface area (Å²) in [7, 11) is 0. The van der Waals surface area contributed by atoms with Crippen LogP contribution in [0.1, 0.15) is 19.8 Å². The van der Waals surface area contributed by atoms with Gasteiger partial charge in [-0.15, -0.1) is 0 Å². The summed E-state index contributed by atoms with van der Waals surface area (Å²) in [5.74, 6) is -0.320. The van der Waals surface area contributed by atoms with Crippen molar-refractivity contribution in [1.29, 1.82) is 0 Å². The summed E-state index contributed by atoms with van der Waals surface area (Å²) in [5.41, 5.74) is 0.482. The van der Waals surface area contributed by atoms with E-state index in [0.717, 1.165) is 6.42 Å². The molecule has 0 spiro atoms. The fourth-order valence-electron chi connectivity index (χ4n) is 4.05. The van der Waals surface area contributed by atoms with Crippen LogP contribution in [-0.4, -0.2) is 17.8 Å². The van der Waals surface area contributed by atoms with Gasteiger partial charge in [-0.3, -0.25) is 14.4 Å². The lowest BCUT2D eigenvalue weighted by Gasteiger charge is -2.17. The fourth-order valence-corrected chi connectivity index (χ4v) is 4.05. The first-order valence-corrected chi connectivity index (χ1v) is 7.97. The Bertz CT molecular complexity index is 708. The van der Waals surface area contributed by atoms with Gasteiger partial charge in [0.15, 0.2) is 0 Å². The molecule has 2 bridgehead atoms. The highest BCUT2D eigenvalue weighted by molar-refractivity contribution is 6.22. The van der Waals surface area contributed by atoms with E-state index in [1.165, 1.54) is 4.90 Å². The molecule has 4 rings (SSSR count). The van der Waals surface area contributed by atoms with E-state index >= 15 is 0 Å². The molecule has 118 valence electrons. The zero-order valence-corrected chi connectivity index (χ0v) is 12.8. The minimum Gasteiger partial charge on any atom is -0.426 e. The lowest BCUT2D eigenvalue weighted by atomic mass is 9.85. The van der Waals surface area contributed by atoms with E-state index in [-0.39, 0.29) is 47.9 Å². The van der Waals surface area contributed by atoms with Gasteiger partial charge in [-0.05, 0) is 30.4 Å². The lowest BCUT2D eigenvalue weighted by Crippen LogP contribution is -2.32. The first-order chi connectivity index (χ1) is 11.1. The third-order valence-corrected chi connectivity index (χ3v) is 5.07. The Labute approximate surface area is 133 Å². The third kappa shape index (κ3) is 2.03. The van der Waals surface area contributed by atoms with Gasteiger partial charge >= 0.3 is 5.97 Å². The maximum absolute atomic E-state index is 12.7. The largest absolute Gasteiger partial charge is 0.426 e. The van der Waals surface area contributed by atoms with E-state index in [2.05, 4.69) is 12.2 Å². The van der Waals surface area contributed by atoms with E-state index in [1.807, 2.05) is 0 Å². The number of carbonyl (C=O) groups is 3. The second kappa shape index (κ2) is 5.05. The van der Waals surface area contributed by atoms with E-state index in [0.29, 0.717) is 11.4 Å². The molecule has 2 fully saturated rings. The quantitative estimate of drug-likeness (QED) is 0.372. The molecule has 23 heavy (non-hydrogen) atoms. The van der Waals surface area contributed by atoms with Crippen LogP contribution >= 0.6 is 0 Å². The maximum Gasteiger partial charge on any atom is 0.310 e. The van der Waals surface area contributed by atoms with Gasteiger partial charge in [0, 0.05) is 12.5 Å². The smallest absolute Gasteiger partial charge is 0.310 e. The second-order valence-electron chi connectivity index (χ2n) is 6.34. The molecule has 3 aliphatic rings. The molecular weight excluding hydrogens is 294 g/mol. The number of carbonyl (C=O) groups excluding carboxylic acids is 3. The van der Waals surface area contributed by atoms with Crippen LogP contribution in [0.2, 0.25) is 0 Å². The number of imide groups is 1. The predicted octanol–water partition coefficient (Wildman–Crippen LogP) is 2.31. The van der Waals surface area contributed by atoms with E-state index < -0.39 is 0 Å². The molecule has 5 nitrogen and oxygen atoms in total. The maximum atomic E-state index is 12.7. The molecule has 2 aliphatic carbocycles. The van der Waals surface area contributed by atoms with Gasteiger partial charge < -0.3 is 4.74 Å². The molecule has 1 saturated carbocycles. The molecule has 1 saturated heterocycles. The minimum absolute atomic E-state index is 0.129. The van der Waals surface area contributed by atoms with Crippen LogP contribution in [0.25, 0.3) is 0 Å². The third-order valence-electron chi connectivity index (χ3n) is 5.07. The van der Waals surface area contributed by atoms with Crippen molar-refractivity contribution >= 4 is 23.5 Å². The number of allylic oxidation sites excluding steroid dienone is 2.